The SMILES string of the molecule is Nc1nc(NCC(O)(c2ccccc2)c2ccccc2)c2ncn([C@@H]3O[C@H](CO)C(O)C3O)c2n1. The van der Waals surface area contributed by atoms with Crippen LogP contribution < -0.4 is 11.1 Å². The van der Waals surface area contributed by atoms with Crippen LogP contribution in [0, 0.1) is 0 Å². The topological polar surface area (TPSA) is 172 Å². The monoisotopic (exact) mass is 478 g/mol. The van der Waals surface area contributed by atoms with Gasteiger partial charge in [-0.25, -0.2) is 4.98 Å². The molecule has 1 aliphatic heterocycles. The normalized spacial score (nSPS) is 22.5. The maximum absolute atomic E-state index is 11.8. The number of rotatable bonds is 7. The number of anilines is 2. The van der Waals surface area contributed by atoms with Crippen LogP contribution in [0.5, 0.6) is 0 Å². The molecule has 0 bridgehead atoms. The van der Waals surface area contributed by atoms with Crippen LogP contribution in [-0.4, -0.2) is 71.4 Å². The summed E-state index contributed by atoms with van der Waals surface area (Å²) in [6.07, 6.45) is -3.16. The Morgan fingerprint density at radius 1 is 0.971 bits per heavy atom. The molecule has 35 heavy (non-hydrogen) atoms. The molecule has 1 fully saturated rings. The molecule has 0 radical (unpaired) electrons. The number of nitrogens with zero attached hydrogens (tertiary/aromatic N) is 4. The molecule has 0 spiro atoms. The number of nitrogens with two attached hydrogens (primary N) is 1. The number of hydrogen-bond acceptors (Lipinski definition) is 10. The van der Waals surface area contributed by atoms with E-state index in [9.17, 15) is 20.4 Å². The van der Waals surface area contributed by atoms with Crippen molar-refractivity contribution >= 4 is 22.9 Å². The van der Waals surface area contributed by atoms with Gasteiger partial charge in [-0.05, 0) is 11.1 Å². The smallest absolute Gasteiger partial charge is 0.224 e. The molecule has 0 aliphatic carbocycles. The first kappa shape index (κ1) is 23.1. The third-order valence-corrected chi connectivity index (χ3v) is 6.24. The van der Waals surface area contributed by atoms with E-state index in [2.05, 4.69) is 20.3 Å². The minimum absolute atomic E-state index is 0.0489. The molecule has 1 saturated heterocycles. The number of nitrogen functional groups attached to an aromatic ring is 1. The third-order valence-electron chi connectivity index (χ3n) is 6.24. The van der Waals surface area contributed by atoms with Gasteiger partial charge in [0.1, 0.15) is 23.9 Å². The summed E-state index contributed by atoms with van der Waals surface area (Å²) in [5.41, 5.74) is 6.55. The molecule has 0 saturated carbocycles. The third kappa shape index (κ3) is 4.09. The molecule has 2 aromatic heterocycles. The number of aromatic nitrogens is 4. The fourth-order valence-corrected chi connectivity index (χ4v) is 4.36. The average Bonchev–Trinajstić information content (AvgIpc) is 3.43. The van der Waals surface area contributed by atoms with Gasteiger partial charge in [0.15, 0.2) is 23.2 Å². The van der Waals surface area contributed by atoms with Gasteiger partial charge in [0.05, 0.1) is 19.5 Å². The quantitative estimate of drug-likeness (QED) is 0.218. The number of benzene rings is 2. The lowest BCUT2D eigenvalue weighted by atomic mass is 9.86. The molecule has 4 aromatic rings. The van der Waals surface area contributed by atoms with E-state index in [1.54, 1.807) is 0 Å². The first-order valence-electron chi connectivity index (χ1n) is 11.1. The zero-order valence-electron chi connectivity index (χ0n) is 18.6. The summed E-state index contributed by atoms with van der Waals surface area (Å²) >= 11 is 0. The van der Waals surface area contributed by atoms with Gasteiger partial charge >= 0.3 is 0 Å². The zero-order valence-corrected chi connectivity index (χ0v) is 18.6. The van der Waals surface area contributed by atoms with Gasteiger partial charge in [-0.2, -0.15) is 9.97 Å². The summed E-state index contributed by atoms with van der Waals surface area (Å²) in [7, 11) is 0. The van der Waals surface area contributed by atoms with Crippen molar-refractivity contribution in [3.63, 3.8) is 0 Å². The van der Waals surface area contributed by atoms with Crippen molar-refractivity contribution in [2.75, 3.05) is 24.2 Å². The minimum Gasteiger partial charge on any atom is -0.394 e. The molecule has 11 nitrogen and oxygen atoms in total. The van der Waals surface area contributed by atoms with Crippen molar-refractivity contribution in [1.29, 1.82) is 0 Å². The second-order valence-corrected chi connectivity index (χ2v) is 8.43. The van der Waals surface area contributed by atoms with Gasteiger partial charge in [-0.1, -0.05) is 60.7 Å². The largest absolute Gasteiger partial charge is 0.394 e. The van der Waals surface area contributed by atoms with Crippen molar-refractivity contribution in [3.05, 3.63) is 78.1 Å². The number of aliphatic hydroxyl groups is 4. The first-order valence-corrected chi connectivity index (χ1v) is 11.1. The number of nitrogens with one attached hydrogen (secondary N) is 1. The number of aliphatic hydroxyl groups excluding tert-OH is 3. The maximum Gasteiger partial charge on any atom is 0.224 e. The van der Waals surface area contributed by atoms with Crippen molar-refractivity contribution in [2.45, 2.75) is 30.1 Å². The lowest BCUT2D eigenvalue weighted by Crippen LogP contribution is -2.35. The number of hydrogen-bond donors (Lipinski definition) is 6. The highest BCUT2D eigenvalue weighted by molar-refractivity contribution is 5.84. The van der Waals surface area contributed by atoms with Gasteiger partial charge in [-0.3, -0.25) is 4.57 Å². The van der Waals surface area contributed by atoms with Gasteiger partial charge in [0, 0.05) is 0 Å². The maximum atomic E-state index is 11.8. The van der Waals surface area contributed by atoms with E-state index in [0.717, 1.165) is 0 Å². The van der Waals surface area contributed by atoms with Gasteiger partial charge in [-0.15, -0.1) is 0 Å². The second kappa shape index (κ2) is 9.21. The molecular formula is C24H26N6O5. The lowest BCUT2D eigenvalue weighted by molar-refractivity contribution is -0.0511. The second-order valence-electron chi connectivity index (χ2n) is 8.43. The standard InChI is InChI=1S/C24H26N6O5/c25-23-28-20(17-21(29-23)30(13-27-17)22-19(33)18(32)16(11-31)35-22)26-12-24(34,14-7-3-1-4-8-14)15-9-5-2-6-10-15/h1-10,13,16,18-19,22,31-34H,11-12H2,(H3,25,26,28,29)/t16-,18?,19?,22-/m1/s1. The molecule has 11 heteroatoms. The minimum atomic E-state index is -1.39. The van der Waals surface area contributed by atoms with E-state index in [-0.39, 0.29) is 24.0 Å². The Labute approximate surface area is 200 Å². The average molecular weight is 479 g/mol. The van der Waals surface area contributed by atoms with E-state index in [0.29, 0.717) is 16.6 Å². The fourth-order valence-electron chi connectivity index (χ4n) is 4.36. The molecule has 7 N–H and O–H groups in total. The molecule has 2 unspecified atom stereocenters. The van der Waals surface area contributed by atoms with Crippen LogP contribution in [0.15, 0.2) is 67.0 Å². The Morgan fingerprint density at radius 2 is 1.60 bits per heavy atom. The summed E-state index contributed by atoms with van der Waals surface area (Å²) in [6, 6.07) is 18.5. The van der Waals surface area contributed by atoms with Crippen LogP contribution in [0.3, 0.4) is 0 Å². The Hall–Kier alpha value is -3.61. The molecule has 1 aliphatic rings. The van der Waals surface area contributed by atoms with E-state index in [1.165, 1.54) is 10.9 Å². The van der Waals surface area contributed by atoms with Crippen LogP contribution in [0.4, 0.5) is 11.8 Å². The Bertz CT molecular complexity index is 1260. The highest BCUT2D eigenvalue weighted by atomic mass is 16.6. The summed E-state index contributed by atoms with van der Waals surface area (Å²) in [5.74, 6) is 0.222. The summed E-state index contributed by atoms with van der Waals surface area (Å²) in [5, 5.41) is 44.9. The van der Waals surface area contributed by atoms with E-state index < -0.39 is 36.7 Å². The van der Waals surface area contributed by atoms with Crippen molar-refractivity contribution < 1.29 is 25.2 Å². The Balaban J connectivity index is 1.50. The summed E-state index contributed by atoms with van der Waals surface area (Å²) in [4.78, 5) is 12.9. The Morgan fingerprint density at radius 3 is 2.17 bits per heavy atom. The molecular weight excluding hydrogens is 452 g/mol. The van der Waals surface area contributed by atoms with Crippen LogP contribution in [0.1, 0.15) is 17.4 Å². The van der Waals surface area contributed by atoms with Crippen LogP contribution >= 0.6 is 0 Å². The predicted octanol–water partition coefficient (Wildman–Crippen LogP) is 0.368. The highest BCUT2D eigenvalue weighted by Crippen LogP contribution is 2.34. The van der Waals surface area contributed by atoms with E-state index in [4.69, 9.17) is 10.5 Å². The summed E-state index contributed by atoms with van der Waals surface area (Å²) in [6.45, 7) is -0.407. The van der Waals surface area contributed by atoms with Crippen molar-refractivity contribution in [2.24, 2.45) is 0 Å². The summed E-state index contributed by atoms with van der Waals surface area (Å²) < 4.78 is 7.04. The van der Waals surface area contributed by atoms with Crippen LogP contribution in [0.25, 0.3) is 11.2 Å². The molecule has 2 aromatic carbocycles. The molecule has 3 heterocycles. The van der Waals surface area contributed by atoms with Gasteiger partial charge in [0.2, 0.25) is 5.95 Å². The first-order chi connectivity index (χ1) is 16.9. The lowest BCUT2D eigenvalue weighted by Gasteiger charge is -2.30. The number of imidazole rings is 1. The van der Waals surface area contributed by atoms with Gasteiger partial charge < -0.3 is 36.2 Å². The Kier molecular flexibility index (Phi) is 6.09. The van der Waals surface area contributed by atoms with Crippen LogP contribution in [0.2, 0.25) is 0 Å². The van der Waals surface area contributed by atoms with Crippen molar-refractivity contribution in [3.8, 4) is 0 Å². The number of fused-ring (bicyclic) bond motifs is 1. The van der Waals surface area contributed by atoms with Crippen molar-refractivity contribution in [1.82, 2.24) is 19.5 Å². The van der Waals surface area contributed by atoms with E-state index >= 15 is 0 Å². The molecule has 5 rings (SSSR count). The van der Waals surface area contributed by atoms with E-state index in [1.807, 2.05) is 60.7 Å². The van der Waals surface area contributed by atoms with Crippen LogP contribution in [-0.2, 0) is 10.3 Å². The number of ether oxygens (including phenoxy) is 1. The predicted molar refractivity (Wildman–Crippen MR) is 127 cm³/mol. The highest BCUT2D eigenvalue weighted by Gasteiger charge is 2.44. The molecule has 182 valence electrons. The van der Waals surface area contributed by atoms with Gasteiger partial charge in [0.25, 0.3) is 0 Å². The zero-order chi connectivity index (χ0) is 24.6. The fraction of sp³-hybridized carbons (Fsp3) is 0.292. The molecule has 4 atom stereocenters. The molecule has 0 amide bonds.